The second kappa shape index (κ2) is 7.13. The van der Waals surface area contributed by atoms with Crippen molar-refractivity contribution in [1.82, 2.24) is 19.7 Å². The molecule has 0 saturated carbocycles. The van der Waals surface area contributed by atoms with Crippen molar-refractivity contribution >= 4 is 27.5 Å². The Labute approximate surface area is 166 Å². The van der Waals surface area contributed by atoms with Gasteiger partial charge in [-0.1, -0.05) is 12.1 Å². The quantitative estimate of drug-likeness (QED) is 0.685. The predicted octanol–water partition coefficient (Wildman–Crippen LogP) is 3.04. The summed E-state index contributed by atoms with van der Waals surface area (Å²) in [6, 6.07) is 9.55. The van der Waals surface area contributed by atoms with Gasteiger partial charge in [0.05, 0.1) is 28.5 Å². The lowest BCUT2D eigenvalue weighted by molar-refractivity contribution is 0.0720. The van der Waals surface area contributed by atoms with Crippen molar-refractivity contribution in [3.63, 3.8) is 0 Å². The number of amides is 1. The van der Waals surface area contributed by atoms with Gasteiger partial charge in [0.25, 0.3) is 11.5 Å². The Morgan fingerprint density at radius 2 is 2.04 bits per heavy atom. The van der Waals surface area contributed by atoms with Crippen molar-refractivity contribution in [2.24, 2.45) is 0 Å². The van der Waals surface area contributed by atoms with Gasteiger partial charge in [0.15, 0.2) is 5.01 Å². The van der Waals surface area contributed by atoms with Gasteiger partial charge in [0.1, 0.15) is 0 Å². The molecule has 0 bridgehead atoms. The highest BCUT2D eigenvalue weighted by Gasteiger charge is 2.32. The van der Waals surface area contributed by atoms with E-state index in [0.29, 0.717) is 18.1 Å². The maximum Gasteiger partial charge on any atom is 0.283 e. The first-order chi connectivity index (χ1) is 13.7. The topological polar surface area (TPSA) is 68.1 Å². The van der Waals surface area contributed by atoms with E-state index in [2.05, 4.69) is 10.1 Å². The SMILES string of the molecule is O=C(c1nc2ccccc2s1)N1CCCC1Cn1nc2c(cc1=O)CCCC2. The molecular formula is C21H22N4O2S. The maximum atomic E-state index is 13.1. The maximum absolute atomic E-state index is 13.1. The number of rotatable bonds is 3. The van der Waals surface area contributed by atoms with E-state index in [0.717, 1.165) is 60.0 Å². The zero-order chi connectivity index (χ0) is 19.1. The van der Waals surface area contributed by atoms with Crippen LogP contribution in [-0.4, -0.2) is 38.2 Å². The molecule has 3 aromatic rings. The first kappa shape index (κ1) is 17.6. The lowest BCUT2D eigenvalue weighted by Gasteiger charge is -2.24. The van der Waals surface area contributed by atoms with Crippen LogP contribution >= 0.6 is 11.3 Å². The molecule has 28 heavy (non-hydrogen) atoms. The van der Waals surface area contributed by atoms with Gasteiger partial charge in [-0.05, 0) is 56.2 Å². The van der Waals surface area contributed by atoms with Crippen LogP contribution in [0.3, 0.4) is 0 Å². The molecule has 1 amide bonds. The van der Waals surface area contributed by atoms with Crippen LogP contribution in [0.1, 0.15) is 46.7 Å². The van der Waals surface area contributed by atoms with Gasteiger partial charge < -0.3 is 4.90 Å². The van der Waals surface area contributed by atoms with E-state index < -0.39 is 0 Å². The molecule has 5 rings (SSSR count). The van der Waals surface area contributed by atoms with Crippen molar-refractivity contribution < 1.29 is 4.79 Å². The number of carbonyl (C=O) groups is 1. The average molecular weight is 395 g/mol. The summed E-state index contributed by atoms with van der Waals surface area (Å²) in [6.07, 6.45) is 5.98. The molecule has 7 heteroatoms. The third-order valence-electron chi connectivity index (χ3n) is 5.77. The Bertz CT molecular complexity index is 1070. The van der Waals surface area contributed by atoms with Crippen LogP contribution in [0.2, 0.25) is 0 Å². The van der Waals surface area contributed by atoms with E-state index in [1.165, 1.54) is 11.3 Å². The van der Waals surface area contributed by atoms with Gasteiger partial charge in [-0.3, -0.25) is 9.59 Å². The van der Waals surface area contributed by atoms with Crippen LogP contribution in [0, 0.1) is 0 Å². The summed E-state index contributed by atoms with van der Waals surface area (Å²) in [6.45, 7) is 1.17. The fourth-order valence-electron chi connectivity index (χ4n) is 4.31. The molecule has 2 aromatic heterocycles. The smallest absolute Gasteiger partial charge is 0.283 e. The highest BCUT2D eigenvalue weighted by Crippen LogP contribution is 2.26. The molecule has 6 nitrogen and oxygen atoms in total. The number of benzene rings is 1. The second-order valence-corrected chi connectivity index (χ2v) is 8.66. The molecule has 144 valence electrons. The Morgan fingerprint density at radius 3 is 2.93 bits per heavy atom. The minimum atomic E-state index is -0.0556. The number of carbonyl (C=O) groups excluding carboxylic acids is 1. The van der Waals surface area contributed by atoms with E-state index in [-0.39, 0.29) is 17.5 Å². The average Bonchev–Trinajstić information content (AvgIpc) is 3.34. The molecule has 1 unspecified atom stereocenters. The molecule has 2 aliphatic rings. The lowest BCUT2D eigenvalue weighted by atomic mass is 9.97. The summed E-state index contributed by atoms with van der Waals surface area (Å²) < 4.78 is 2.59. The van der Waals surface area contributed by atoms with Gasteiger partial charge in [-0.15, -0.1) is 11.3 Å². The minimum Gasteiger partial charge on any atom is -0.332 e. The number of aromatic nitrogens is 3. The van der Waals surface area contributed by atoms with Gasteiger partial charge in [0, 0.05) is 12.6 Å². The van der Waals surface area contributed by atoms with E-state index >= 15 is 0 Å². The lowest BCUT2D eigenvalue weighted by Crippen LogP contribution is -2.41. The predicted molar refractivity (Wildman–Crippen MR) is 109 cm³/mol. The van der Waals surface area contributed by atoms with Gasteiger partial charge in [-0.2, -0.15) is 5.10 Å². The zero-order valence-corrected chi connectivity index (χ0v) is 16.5. The summed E-state index contributed by atoms with van der Waals surface area (Å²) in [5.74, 6) is -0.0327. The Morgan fingerprint density at radius 1 is 1.18 bits per heavy atom. The summed E-state index contributed by atoms with van der Waals surface area (Å²) in [4.78, 5) is 32.0. The number of nitrogens with zero attached hydrogens (tertiary/aromatic N) is 4. The standard InChI is InChI=1S/C21H22N4O2S/c26-19-12-14-6-1-2-8-16(14)23-25(19)13-15-7-5-11-24(15)21(27)20-22-17-9-3-4-10-18(17)28-20/h3-4,9-10,12,15H,1-2,5-8,11,13H2. The van der Waals surface area contributed by atoms with E-state index in [9.17, 15) is 9.59 Å². The number of hydrogen-bond donors (Lipinski definition) is 0. The van der Waals surface area contributed by atoms with Crippen LogP contribution in [0.25, 0.3) is 10.2 Å². The molecule has 3 heterocycles. The van der Waals surface area contributed by atoms with Crippen LogP contribution in [-0.2, 0) is 19.4 Å². The number of para-hydroxylation sites is 1. The molecule has 1 saturated heterocycles. The largest absolute Gasteiger partial charge is 0.332 e. The Balaban J connectivity index is 1.39. The number of aryl methyl sites for hydroxylation is 2. The Hall–Kier alpha value is -2.54. The highest BCUT2D eigenvalue weighted by molar-refractivity contribution is 7.20. The first-order valence-corrected chi connectivity index (χ1v) is 10.8. The molecular weight excluding hydrogens is 372 g/mol. The number of thiazole rings is 1. The van der Waals surface area contributed by atoms with Crippen LogP contribution < -0.4 is 5.56 Å². The summed E-state index contributed by atoms with van der Waals surface area (Å²) >= 11 is 1.44. The van der Waals surface area contributed by atoms with E-state index in [1.54, 1.807) is 10.7 Å². The first-order valence-electron chi connectivity index (χ1n) is 9.95. The van der Waals surface area contributed by atoms with Crippen LogP contribution in [0.15, 0.2) is 35.1 Å². The van der Waals surface area contributed by atoms with Crippen molar-refractivity contribution in [3.8, 4) is 0 Å². The monoisotopic (exact) mass is 394 g/mol. The summed E-state index contributed by atoms with van der Waals surface area (Å²) in [5, 5.41) is 5.16. The van der Waals surface area contributed by atoms with Crippen molar-refractivity contribution in [3.05, 3.63) is 57.0 Å². The van der Waals surface area contributed by atoms with Crippen molar-refractivity contribution in [1.29, 1.82) is 0 Å². The summed E-state index contributed by atoms with van der Waals surface area (Å²) in [7, 11) is 0. The summed E-state index contributed by atoms with van der Waals surface area (Å²) in [5.41, 5.74) is 2.95. The van der Waals surface area contributed by atoms with Crippen LogP contribution in [0.5, 0.6) is 0 Å². The number of fused-ring (bicyclic) bond motifs is 2. The fourth-order valence-corrected chi connectivity index (χ4v) is 5.23. The highest BCUT2D eigenvalue weighted by atomic mass is 32.1. The molecule has 1 fully saturated rings. The second-order valence-electron chi connectivity index (χ2n) is 7.63. The molecule has 0 N–H and O–H groups in total. The zero-order valence-electron chi connectivity index (χ0n) is 15.6. The number of hydrogen-bond acceptors (Lipinski definition) is 5. The minimum absolute atomic E-state index is 0.00801. The van der Waals surface area contributed by atoms with Crippen molar-refractivity contribution in [2.45, 2.75) is 51.1 Å². The van der Waals surface area contributed by atoms with Crippen LogP contribution in [0.4, 0.5) is 0 Å². The molecule has 1 atom stereocenters. The molecule has 1 aromatic carbocycles. The normalized spacial score (nSPS) is 19.1. The van der Waals surface area contributed by atoms with Gasteiger partial charge in [0.2, 0.25) is 0 Å². The van der Waals surface area contributed by atoms with Crippen molar-refractivity contribution in [2.75, 3.05) is 6.54 Å². The van der Waals surface area contributed by atoms with Gasteiger partial charge in [-0.25, -0.2) is 9.67 Å². The molecule has 1 aliphatic heterocycles. The molecule has 0 spiro atoms. The molecule has 1 aliphatic carbocycles. The van der Waals surface area contributed by atoms with Gasteiger partial charge >= 0.3 is 0 Å². The van der Waals surface area contributed by atoms with E-state index in [1.807, 2.05) is 29.2 Å². The third-order valence-corrected chi connectivity index (χ3v) is 6.80. The Kier molecular flexibility index (Phi) is 4.47. The fraction of sp³-hybridized carbons (Fsp3) is 0.429. The number of likely N-dealkylation sites (tertiary alicyclic amines) is 1. The third kappa shape index (κ3) is 3.13. The molecule has 0 radical (unpaired) electrons. The van der Waals surface area contributed by atoms with E-state index in [4.69, 9.17) is 0 Å².